The lowest BCUT2D eigenvalue weighted by atomic mass is 10.2. The maximum absolute atomic E-state index is 11.9. The number of amides is 1. The quantitative estimate of drug-likeness (QED) is 0.590. The van der Waals surface area contributed by atoms with Crippen LogP contribution in [0.15, 0.2) is 35.3 Å². The fraction of sp³-hybridized carbons (Fsp3) is 0.357. The lowest BCUT2D eigenvalue weighted by Crippen LogP contribution is -2.25. The number of rotatable bonds is 8. The first-order chi connectivity index (χ1) is 9.19. The van der Waals surface area contributed by atoms with Crippen LogP contribution in [-0.2, 0) is 4.74 Å². The predicted molar refractivity (Wildman–Crippen MR) is 78.7 cm³/mol. The molecule has 1 aromatic carbocycles. The van der Waals surface area contributed by atoms with Crippen LogP contribution < -0.4 is 10.1 Å². The van der Waals surface area contributed by atoms with E-state index in [1.54, 1.807) is 31.4 Å². The molecule has 0 bridgehead atoms. The standard InChI is InChI=1S/C14H18BrNO3/c1-3-8-19-13-6-5-11(10-12(13)15)14(17)16-7-4-9-18-2/h3,5-6,10H,1,4,7-9H2,2H3,(H,16,17). The van der Waals surface area contributed by atoms with Crippen molar-refractivity contribution in [1.29, 1.82) is 0 Å². The van der Waals surface area contributed by atoms with Gasteiger partial charge in [-0.15, -0.1) is 0 Å². The molecular weight excluding hydrogens is 310 g/mol. The smallest absolute Gasteiger partial charge is 0.251 e. The van der Waals surface area contributed by atoms with Crippen molar-refractivity contribution >= 4 is 21.8 Å². The summed E-state index contributed by atoms with van der Waals surface area (Å²) in [5, 5.41) is 2.83. The van der Waals surface area contributed by atoms with Crippen molar-refractivity contribution in [3.63, 3.8) is 0 Å². The number of benzene rings is 1. The van der Waals surface area contributed by atoms with Crippen molar-refractivity contribution in [2.75, 3.05) is 26.9 Å². The van der Waals surface area contributed by atoms with Crippen LogP contribution >= 0.6 is 15.9 Å². The van der Waals surface area contributed by atoms with Gasteiger partial charge in [-0.2, -0.15) is 0 Å². The molecule has 0 heterocycles. The molecule has 104 valence electrons. The van der Waals surface area contributed by atoms with E-state index in [1.165, 1.54) is 0 Å². The number of hydrogen-bond acceptors (Lipinski definition) is 3. The van der Waals surface area contributed by atoms with Crippen LogP contribution in [0.3, 0.4) is 0 Å². The van der Waals surface area contributed by atoms with Crippen molar-refractivity contribution < 1.29 is 14.3 Å². The Morgan fingerprint density at radius 1 is 1.53 bits per heavy atom. The van der Waals surface area contributed by atoms with Crippen molar-refractivity contribution in [2.45, 2.75) is 6.42 Å². The Hall–Kier alpha value is -1.33. The number of carbonyl (C=O) groups excluding carboxylic acids is 1. The van der Waals surface area contributed by atoms with E-state index >= 15 is 0 Å². The number of hydrogen-bond donors (Lipinski definition) is 1. The minimum atomic E-state index is -0.105. The predicted octanol–water partition coefficient (Wildman–Crippen LogP) is 2.78. The Morgan fingerprint density at radius 2 is 2.32 bits per heavy atom. The van der Waals surface area contributed by atoms with Gasteiger partial charge in [0.2, 0.25) is 0 Å². The fourth-order valence-corrected chi connectivity index (χ4v) is 1.92. The summed E-state index contributed by atoms with van der Waals surface area (Å²) in [5.41, 5.74) is 0.593. The van der Waals surface area contributed by atoms with Crippen LogP contribution in [0, 0.1) is 0 Å². The first-order valence-electron chi connectivity index (χ1n) is 5.99. The summed E-state index contributed by atoms with van der Waals surface area (Å²) < 4.78 is 11.1. The van der Waals surface area contributed by atoms with E-state index in [-0.39, 0.29) is 5.91 Å². The molecular formula is C14H18BrNO3. The van der Waals surface area contributed by atoms with E-state index in [2.05, 4.69) is 27.8 Å². The van der Waals surface area contributed by atoms with E-state index in [0.29, 0.717) is 31.1 Å². The summed E-state index contributed by atoms with van der Waals surface area (Å²) >= 11 is 3.38. The lowest BCUT2D eigenvalue weighted by molar-refractivity contribution is 0.0948. The molecule has 0 unspecified atom stereocenters. The summed E-state index contributed by atoms with van der Waals surface area (Å²) in [6.45, 7) is 5.25. The van der Waals surface area contributed by atoms with Gasteiger partial charge in [0.05, 0.1) is 4.47 Å². The molecule has 0 saturated carbocycles. The maximum Gasteiger partial charge on any atom is 0.251 e. The highest BCUT2D eigenvalue weighted by atomic mass is 79.9. The molecule has 0 saturated heterocycles. The maximum atomic E-state index is 11.9. The van der Waals surface area contributed by atoms with Gasteiger partial charge in [0.25, 0.3) is 5.91 Å². The highest BCUT2D eigenvalue weighted by Crippen LogP contribution is 2.26. The summed E-state index contributed by atoms with van der Waals surface area (Å²) in [5.74, 6) is 0.586. The van der Waals surface area contributed by atoms with Crippen LogP contribution in [0.5, 0.6) is 5.75 Å². The number of carbonyl (C=O) groups is 1. The lowest BCUT2D eigenvalue weighted by Gasteiger charge is -2.09. The third-order valence-electron chi connectivity index (χ3n) is 2.36. The second kappa shape index (κ2) is 8.72. The first-order valence-corrected chi connectivity index (χ1v) is 6.78. The molecule has 0 spiro atoms. The highest BCUT2D eigenvalue weighted by Gasteiger charge is 2.08. The van der Waals surface area contributed by atoms with Crippen LogP contribution in [0.1, 0.15) is 16.8 Å². The van der Waals surface area contributed by atoms with Gasteiger partial charge in [-0.3, -0.25) is 4.79 Å². The van der Waals surface area contributed by atoms with Crippen LogP contribution in [0.25, 0.3) is 0 Å². The third-order valence-corrected chi connectivity index (χ3v) is 2.98. The van der Waals surface area contributed by atoms with Gasteiger partial charge >= 0.3 is 0 Å². The Kier molecular flexibility index (Phi) is 7.22. The number of halogens is 1. The van der Waals surface area contributed by atoms with Gasteiger partial charge in [-0.25, -0.2) is 0 Å². The Labute approximate surface area is 121 Å². The second-order valence-electron chi connectivity index (χ2n) is 3.85. The molecule has 5 heteroatoms. The van der Waals surface area contributed by atoms with Crippen molar-refractivity contribution in [1.82, 2.24) is 5.32 Å². The minimum Gasteiger partial charge on any atom is -0.488 e. The largest absolute Gasteiger partial charge is 0.488 e. The van der Waals surface area contributed by atoms with Gasteiger partial charge in [-0.1, -0.05) is 12.7 Å². The molecule has 0 aliphatic heterocycles. The van der Waals surface area contributed by atoms with Crippen molar-refractivity contribution in [3.8, 4) is 5.75 Å². The second-order valence-corrected chi connectivity index (χ2v) is 4.70. The Morgan fingerprint density at radius 3 is 2.95 bits per heavy atom. The zero-order chi connectivity index (χ0) is 14.1. The molecule has 19 heavy (non-hydrogen) atoms. The average Bonchev–Trinajstić information content (AvgIpc) is 2.42. The molecule has 0 aliphatic carbocycles. The summed E-state index contributed by atoms with van der Waals surface area (Å²) in [6, 6.07) is 5.23. The van der Waals surface area contributed by atoms with E-state index in [0.717, 1.165) is 10.9 Å². The van der Waals surface area contributed by atoms with Crippen LogP contribution in [0.4, 0.5) is 0 Å². The summed E-state index contributed by atoms with van der Waals surface area (Å²) in [6.07, 6.45) is 2.47. The molecule has 1 amide bonds. The molecule has 4 nitrogen and oxygen atoms in total. The normalized spacial score (nSPS) is 10.0. The topological polar surface area (TPSA) is 47.6 Å². The molecule has 0 aliphatic rings. The van der Waals surface area contributed by atoms with Gasteiger partial charge in [0, 0.05) is 25.8 Å². The molecule has 0 atom stereocenters. The molecule has 1 rings (SSSR count). The average molecular weight is 328 g/mol. The van der Waals surface area contributed by atoms with E-state index < -0.39 is 0 Å². The van der Waals surface area contributed by atoms with Gasteiger partial charge in [0.1, 0.15) is 12.4 Å². The zero-order valence-corrected chi connectivity index (χ0v) is 12.5. The van der Waals surface area contributed by atoms with Crippen LogP contribution in [0.2, 0.25) is 0 Å². The number of ether oxygens (including phenoxy) is 2. The molecule has 1 aromatic rings. The summed E-state index contributed by atoms with van der Waals surface area (Å²) in [7, 11) is 1.64. The van der Waals surface area contributed by atoms with Crippen molar-refractivity contribution in [2.24, 2.45) is 0 Å². The highest BCUT2D eigenvalue weighted by molar-refractivity contribution is 9.10. The van der Waals surface area contributed by atoms with E-state index in [1.807, 2.05) is 0 Å². The zero-order valence-electron chi connectivity index (χ0n) is 10.9. The van der Waals surface area contributed by atoms with Crippen molar-refractivity contribution in [3.05, 3.63) is 40.9 Å². The minimum absolute atomic E-state index is 0.105. The molecule has 0 aromatic heterocycles. The molecule has 1 N–H and O–H groups in total. The van der Waals surface area contributed by atoms with E-state index in [4.69, 9.17) is 9.47 Å². The molecule has 0 fully saturated rings. The third kappa shape index (κ3) is 5.44. The fourth-order valence-electron chi connectivity index (χ4n) is 1.43. The van der Waals surface area contributed by atoms with Gasteiger partial charge in [-0.05, 0) is 40.5 Å². The van der Waals surface area contributed by atoms with E-state index in [9.17, 15) is 4.79 Å². The Balaban J connectivity index is 2.56. The molecule has 0 radical (unpaired) electrons. The first kappa shape index (κ1) is 15.7. The number of methoxy groups -OCH3 is 1. The monoisotopic (exact) mass is 327 g/mol. The Bertz CT molecular complexity index is 435. The van der Waals surface area contributed by atoms with Gasteiger partial charge < -0.3 is 14.8 Å². The summed E-state index contributed by atoms with van der Waals surface area (Å²) in [4.78, 5) is 11.9. The van der Waals surface area contributed by atoms with Crippen LogP contribution in [-0.4, -0.2) is 32.8 Å². The number of nitrogens with one attached hydrogen (secondary N) is 1. The van der Waals surface area contributed by atoms with Gasteiger partial charge in [0.15, 0.2) is 0 Å². The SMILES string of the molecule is C=CCOc1ccc(C(=O)NCCCOC)cc1Br.